The molecule has 1 N–H and O–H groups in total. The van der Waals surface area contributed by atoms with Gasteiger partial charge in [0.15, 0.2) is 11.0 Å². The maximum atomic E-state index is 12.3. The van der Waals surface area contributed by atoms with E-state index in [1.165, 1.54) is 30.2 Å². The molecule has 0 spiro atoms. The van der Waals surface area contributed by atoms with Crippen LogP contribution < -0.4 is 10.1 Å². The molecule has 0 unspecified atom stereocenters. The van der Waals surface area contributed by atoms with Crippen molar-refractivity contribution in [3.05, 3.63) is 40.2 Å². The largest absolute Gasteiger partial charge is 0.496 e. The van der Waals surface area contributed by atoms with E-state index in [4.69, 9.17) is 21.1 Å². The quantitative estimate of drug-likeness (QED) is 0.431. The number of thiophene rings is 1. The van der Waals surface area contributed by atoms with Crippen LogP contribution in [-0.2, 0) is 16.6 Å². The summed E-state index contributed by atoms with van der Waals surface area (Å²) >= 11 is 8.57. The highest BCUT2D eigenvalue weighted by Gasteiger charge is 2.18. The predicted molar refractivity (Wildman–Crippen MR) is 113 cm³/mol. The molecule has 0 bridgehead atoms. The second-order valence-corrected chi connectivity index (χ2v) is 8.00. The number of rotatable bonds is 7. The summed E-state index contributed by atoms with van der Waals surface area (Å²) in [5.74, 6) is 0.512. The summed E-state index contributed by atoms with van der Waals surface area (Å²) in [4.78, 5) is 24.0. The predicted octanol–water partition coefficient (Wildman–Crippen LogP) is 3.72. The molecule has 0 aliphatic rings. The summed E-state index contributed by atoms with van der Waals surface area (Å²) in [7, 11) is 4.66. The van der Waals surface area contributed by atoms with E-state index < -0.39 is 5.97 Å². The van der Waals surface area contributed by atoms with E-state index in [1.807, 2.05) is 0 Å². The van der Waals surface area contributed by atoms with E-state index in [0.29, 0.717) is 37.9 Å². The minimum absolute atomic E-state index is 0.0944. The average molecular weight is 453 g/mol. The van der Waals surface area contributed by atoms with Gasteiger partial charge in [0, 0.05) is 12.1 Å². The Bertz CT molecular complexity index is 1050. The van der Waals surface area contributed by atoms with Gasteiger partial charge in [0.05, 0.1) is 31.1 Å². The summed E-state index contributed by atoms with van der Waals surface area (Å²) < 4.78 is 11.8. The normalized spacial score (nSPS) is 10.6. The molecule has 11 heteroatoms. The Labute approximate surface area is 180 Å². The summed E-state index contributed by atoms with van der Waals surface area (Å²) in [6, 6.07) is 6.84. The molecule has 2 aromatic heterocycles. The van der Waals surface area contributed by atoms with E-state index in [2.05, 4.69) is 15.5 Å². The van der Waals surface area contributed by atoms with E-state index in [-0.39, 0.29) is 11.7 Å². The first-order valence-corrected chi connectivity index (χ1v) is 10.5. The van der Waals surface area contributed by atoms with Crippen molar-refractivity contribution in [3.8, 4) is 17.1 Å². The Hall–Kier alpha value is -2.56. The monoisotopic (exact) mass is 452 g/mol. The lowest BCUT2D eigenvalue weighted by Gasteiger charge is -2.09. The Kier molecular flexibility index (Phi) is 6.78. The molecule has 8 nitrogen and oxygen atoms in total. The number of aromatic nitrogens is 3. The van der Waals surface area contributed by atoms with Gasteiger partial charge in [-0.15, -0.1) is 21.5 Å². The number of esters is 1. The lowest BCUT2D eigenvalue weighted by molar-refractivity contribution is -0.113. The molecule has 0 fully saturated rings. The molecule has 0 aliphatic heterocycles. The number of halogens is 1. The fourth-order valence-corrected chi connectivity index (χ4v) is 4.17. The first-order chi connectivity index (χ1) is 13.9. The van der Waals surface area contributed by atoms with Crippen molar-refractivity contribution in [2.45, 2.75) is 5.16 Å². The molecular weight excluding hydrogens is 436 g/mol. The van der Waals surface area contributed by atoms with Crippen molar-refractivity contribution in [1.29, 1.82) is 0 Å². The Balaban J connectivity index is 1.70. The molecule has 0 radical (unpaired) electrons. The van der Waals surface area contributed by atoms with Crippen LogP contribution in [0.2, 0.25) is 5.02 Å². The number of carbonyl (C=O) groups excluding carboxylic acids is 2. The van der Waals surface area contributed by atoms with Gasteiger partial charge in [-0.3, -0.25) is 4.79 Å². The number of amides is 1. The molecule has 152 valence electrons. The van der Waals surface area contributed by atoms with Crippen molar-refractivity contribution in [2.24, 2.45) is 7.05 Å². The van der Waals surface area contributed by atoms with Gasteiger partial charge in [0.1, 0.15) is 10.8 Å². The average Bonchev–Trinajstić information content (AvgIpc) is 3.32. The van der Waals surface area contributed by atoms with Crippen molar-refractivity contribution in [1.82, 2.24) is 14.8 Å². The van der Waals surface area contributed by atoms with Crippen LogP contribution >= 0.6 is 34.7 Å². The molecule has 0 saturated heterocycles. The number of nitrogens with one attached hydrogen (secondary N) is 1. The van der Waals surface area contributed by atoms with Gasteiger partial charge in [-0.1, -0.05) is 23.4 Å². The molecule has 3 aromatic rings. The molecule has 0 saturated carbocycles. The molecule has 1 aromatic carbocycles. The highest BCUT2D eigenvalue weighted by Crippen LogP contribution is 2.32. The van der Waals surface area contributed by atoms with E-state index in [0.717, 1.165) is 0 Å². The van der Waals surface area contributed by atoms with Gasteiger partial charge in [-0.2, -0.15) is 0 Å². The van der Waals surface area contributed by atoms with Crippen LogP contribution in [0.5, 0.6) is 5.75 Å². The van der Waals surface area contributed by atoms with Gasteiger partial charge < -0.3 is 19.4 Å². The SMILES string of the molecule is COC(=O)c1ccsc1NC(=O)CSc1nnc(-c2cc(Cl)ccc2OC)n1C. The van der Waals surface area contributed by atoms with Crippen LogP contribution in [0, 0.1) is 0 Å². The first-order valence-electron chi connectivity index (χ1n) is 8.26. The molecule has 1 amide bonds. The minimum Gasteiger partial charge on any atom is -0.496 e. The standard InChI is InChI=1S/C18H17ClN4O4S2/c1-23-15(12-8-10(19)4-5-13(12)26-2)21-22-18(23)29-9-14(24)20-16-11(6-7-28-16)17(25)27-3/h4-8H,9H2,1-3H3,(H,20,24). The fraction of sp³-hybridized carbons (Fsp3) is 0.222. The number of anilines is 1. The van der Waals surface area contributed by atoms with Crippen molar-refractivity contribution < 1.29 is 19.1 Å². The lowest BCUT2D eigenvalue weighted by Crippen LogP contribution is -2.16. The zero-order valence-corrected chi connectivity index (χ0v) is 18.2. The number of methoxy groups -OCH3 is 2. The number of hydrogen-bond donors (Lipinski definition) is 1. The molecule has 3 rings (SSSR count). The molecule has 0 atom stereocenters. The lowest BCUT2D eigenvalue weighted by atomic mass is 10.2. The van der Waals surface area contributed by atoms with Crippen LogP contribution in [0.25, 0.3) is 11.4 Å². The number of hydrogen-bond acceptors (Lipinski definition) is 8. The second kappa shape index (κ2) is 9.29. The van der Waals surface area contributed by atoms with Crippen molar-refractivity contribution >= 4 is 51.6 Å². The summed E-state index contributed by atoms with van der Waals surface area (Å²) in [5.41, 5.74) is 1.03. The number of ether oxygens (including phenoxy) is 2. The molecule has 29 heavy (non-hydrogen) atoms. The Morgan fingerprint density at radius 2 is 2.07 bits per heavy atom. The van der Waals surface area contributed by atoms with E-state index in [9.17, 15) is 9.59 Å². The van der Waals surface area contributed by atoms with Crippen LogP contribution in [0.3, 0.4) is 0 Å². The number of thioether (sulfide) groups is 1. The fourth-order valence-electron chi connectivity index (χ4n) is 2.50. The highest BCUT2D eigenvalue weighted by atomic mass is 35.5. The number of benzene rings is 1. The van der Waals surface area contributed by atoms with Crippen LogP contribution in [0.15, 0.2) is 34.8 Å². The second-order valence-electron chi connectivity index (χ2n) is 5.70. The maximum Gasteiger partial charge on any atom is 0.340 e. The van der Waals surface area contributed by atoms with Crippen LogP contribution in [0.4, 0.5) is 5.00 Å². The van der Waals surface area contributed by atoms with Gasteiger partial charge in [-0.25, -0.2) is 4.79 Å². The zero-order valence-electron chi connectivity index (χ0n) is 15.8. The summed E-state index contributed by atoms with van der Waals surface area (Å²) in [5, 5.41) is 14.3. The summed E-state index contributed by atoms with van der Waals surface area (Å²) in [6.07, 6.45) is 0. The van der Waals surface area contributed by atoms with Crippen LogP contribution in [-0.4, -0.2) is 46.6 Å². The van der Waals surface area contributed by atoms with E-state index in [1.54, 1.807) is 48.4 Å². The molecular formula is C18H17ClN4O4S2. The number of carbonyl (C=O) groups is 2. The minimum atomic E-state index is -0.498. The van der Waals surface area contributed by atoms with Crippen molar-refractivity contribution in [2.75, 3.05) is 25.3 Å². The van der Waals surface area contributed by atoms with Gasteiger partial charge in [0.25, 0.3) is 0 Å². The Morgan fingerprint density at radius 1 is 1.28 bits per heavy atom. The third-order valence-electron chi connectivity index (χ3n) is 3.89. The van der Waals surface area contributed by atoms with Crippen molar-refractivity contribution in [3.63, 3.8) is 0 Å². The van der Waals surface area contributed by atoms with Gasteiger partial charge >= 0.3 is 5.97 Å². The highest BCUT2D eigenvalue weighted by molar-refractivity contribution is 7.99. The topological polar surface area (TPSA) is 95.3 Å². The molecule has 2 heterocycles. The van der Waals surface area contributed by atoms with Crippen LogP contribution in [0.1, 0.15) is 10.4 Å². The molecule has 0 aliphatic carbocycles. The van der Waals surface area contributed by atoms with E-state index >= 15 is 0 Å². The maximum absolute atomic E-state index is 12.3. The van der Waals surface area contributed by atoms with Gasteiger partial charge in [-0.05, 0) is 29.6 Å². The first kappa shape index (κ1) is 21.2. The van der Waals surface area contributed by atoms with Gasteiger partial charge in [0.2, 0.25) is 5.91 Å². The Morgan fingerprint density at radius 3 is 2.79 bits per heavy atom. The third kappa shape index (κ3) is 4.72. The third-order valence-corrected chi connectivity index (χ3v) is 5.98. The summed E-state index contributed by atoms with van der Waals surface area (Å²) in [6.45, 7) is 0. The zero-order chi connectivity index (χ0) is 21.0. The smallest absolute Gasteiger partial charge is 0.340 e. The number of nitrogens with zero attached hydrogens (tertiary/aromatic N) is 3.